The minimum atomic E-state index is -0.343. The number of amides is 2. The van der Waals surface area contributed by atoms with Crippen LogP contribution in [-0.4, -0.2) is 30.8 Å². The Balaban J connectivity index is 2.38. The van der Waals surface area contributed by atoms with E-state index in [2.05, 4.69) is 5.32 Å². The average molecular weight is 278 g/mol. The lowest BCUT2D eigenvalue weighted by Gasteiger charge is -2.06. The maximum atomic E-state index is 11.5. The Morgan fingerprint density at radius 1 is 1.15 bits per heavy atom. The van der Waals surface area contributed by atoms with Crippen LogP contribution in [0.15, 0.2) is 24.3 Å². The van der Waals surface area contributed by atoms with E-state index < -0.39 is 0 Å². The summed E-state index contributed by atoms with van der Waals surface area (Å²) in [5.74, 6) is -0.794. The number of nitrogens with one attached hydrogen (secondary N) is 1. The topological polar surface area (TPSA) is 98.5 Å². The first-order valence-corrected chi connectivity index (χ1v) is 6.21. The molecule has 0 radical (unpaired) electrons. The summed E-state index contributed by atoms with van der Waals surface area (Å²) in [5, 5.41) is 2.64. The van der Waals surface area contributed by atoms with E-state index in [1.54, 1.807) is 12.1 Å². The number of anilines is 1. The van der Waals surface area contributed by atoms with Crippen molar-refractivity contribution in [2.45, 2.75) is 19.8 Å². The zero-order valence-electron chi connectivity index (χ0n) is 11.3. The van der Waals surface area contributed by atoms with Gasteiger partial charge in [0, 0.05) is 12.1 Å². The predicted octanol–water partition coefficient (Wildman–Crippen LogP) is 0.649. The number of benzene rings is 1. The second-order valence-electron chi connectivity index (χ2n) is 4.41. The Morgan fingerprint density at radius 2 is 1.80 bits per heavy atom. The normalized spacial score (nSPS) is 10.1. The quantitative estimate of drug-likeness (QED) is 0.729. The molecule has 1 aromatic rings. The molecule has 0 bridgehead atoms. The van der Waals surface area contributed by atoms with Crippen LogP contribution in [0.2, 0.25) is 0 Å². The van der Waals surface area contributed by atoms with E-state index in [9.17, 15) is 14.4 Å². The van der Waals surface area contributed by atoms with Gasteiger partial charge in [0.05, 0.1) is 0 Å². The lowest BCUT2D eigenvalue weighted by atomic mass is 10.1. The lowest BCUT2D eigenvalue weighted by Crippen LogP contribution is -2.20. The van der Waals surface area contributed by atoms with Gasteiger partial charge in [0.2, 0.25) is 11.8 Å². The smallest absolute Gasteiger partial charge is 0.250 e. The predicted molar refractivity (Wildman–Crippen MR) is 74.1 cm³/mol. The first-order valence-electron chi connectivity index (χ1n) is 6.21. The molecular formula is C14H18N2O4. The average Bonchev–Trinajstić information content (AvgIpc) is 2.37. The molecule has 1 rings (SSSR count). The molecule has 0 saturated carbocycles. The SMILES string of the molecule is CC(=O)COCC(=O)Nc1ccc(CCC(N)=O)cc1. The molecule has 0 aromatic heterocycles. The molecule has 2 amide bonds. The number of ketones is 1. The van der Waals surface area contributed by atoms with Gasteiger partial charge in [-0.3, -0.25) is 14.4 Å². The third-order valence-corrected chi connectivity index (χ3v) is 2.44. The number of primary amides is 1. The summed E-state index contributed by atoms with van der Waals surface area (Å²) in [5.41, 5.74) is 6.67. The minimum absolute atomic E-state index is 0.0700. The van der Waals surface area contributed by atoms with E-state index in [0.717, 1.165) is 5.56 Å². The largest absolute Gasteiger partial charge is 0.370 e. The van der Waals surface area contributed by atoms with Crippen molar-refractivity contribution >= 4 is 23.3 Å². The molecule has 0 aliphatic heterocycles. The highest BCUT2D eigenvalue weighted by atomic mass is 16.5. The summed E-state index contributed by atoms with van der Waals surface area (Å²) in [6.45, 7) is 1.16. The highest BCUT2D eigenvalue weighted by molar-refractivity contribution is 5.91. The van der Waals surface area contributed by atoms with Crippen molar-refractivity contribution in [3.05, 3.63) is 29.8 Å². The number of aryl methyl sites for hydroxylation is 1. The molecule has 0 aliphatic rings. The molecular weight excluding hydrogens is 260 g/mol. The van der Waals surface area contributed by atoms with E-state index in [1.165, 1.54) is 6.92 Å². The molecule has 6 nitrogen and oxygen atoms in total. The van der Waals surface area contributed by atoms with Gasteiger partial charge in [0.1, 0.15) is 13.2 Å². The molecule has 0 atom stereocenters. The third kappa shape index (κ3) is 6.65. The third-order valence-electron chi connectivity index (χ3n) is 2.44. The first kappa shape index (κ1) is 15.8. The molecule has 108 valence electrons. The van der Waals surface area contributed by atoms with Gasteiger partial charge in [0.25, 0.3) is 0 Å². The summed E-state index contributed by atoms with van der Waals surface area (Å²) in [6.07, 6.45) is 0.871. The number of rotatable bonds is 8. The second kappa shape index (κ2) is 8.06. The van der Waals surface area contributed by atoms with Crippen LogP contribution < -0.4 is 11.1 Å². The van der Waals surface area contributed by atoms with Gasteiger partial charge in [-0.05, 0) is 31.0 Å². The number of carbonyl (C=O) groups is 3. The number of hydrogen-bond donors (Lipinski definition) is 2. The zero-order chi connectivity index (χ0) is 15.0. The van der Waals surface area contributed by atoms with Crippen molar-refractivity contribution in [1.29, 1.82) is 0 Å². The van der Waals surface area contributed by atoms with E-state index in [4.69, 9.17) is 10.5 Å². The molecule has 0 saturated heterocycles. The van der Waals surface area contributed by atoms with Crippen molar-refractivity contribution in [3.63, 3.8) is 0 Å². The van der Waals surface area contributed by atoms with E-state index in [0.29, 0.717) is 18.5 Å². The van der Waals surface area contributed by atoms with Gasteiger partial charge in [-0.15, -0.1) is 0 Å². The Kier molecular flexibility index (Phi) is 6.39. The molecule has 3 N–H and O–H groups in total. The van der Waals surface area contributed by atoms with Crippen LogP contribution in [0.3, 0.4) is 0 Å². The van der Waals surface area contributed by atoms with Crippen LogP contribution >= 0.6 is 0 Å². The Bertz CT molecular complexity index is 482. The lowest BCUT2D eigenvalue weighted by molar-refractivity contribution is -0.126. The van der Waals surface area contributed by atoms with Crippen molar-refractivity contribution in [2.75, 3.05) is 18.5 Å². The summed E-state index contributed by atoms with van der Waals surface area (Å²) in [7, 11) is 0. The molecule has 0 aliphatic carbocycles. The maximum absolute atomic E-state index is 11.5. The van der Waals surface area contributed by atoms with Crippen molar-refractivity contribution in [3.8, 4) is 0 Å². The summed E-state index contributed by atoms with van der Waals surface area (Å²) < 4.78 is 4.90. The molecule has 1 aromatic carbocycles. The number of ether oxygens (including phenoxy) is 1. The summed E-state index contributed by atoms with van der Waals surface area (Å²) >= 11 is 0. The summed E-state index contributed by atoms with van der Waals surface area (Å²) in [6, 6.07) is 7.10. The fourth-order valence-electron chi connectivity index (χ4n) is 1.51. The van der Waals surface area contributed by atoms with Crippen LogP contribution in [-0.2, 0) is 25.5 Å². The van der Waals surface area contributed by atoms with Gasteiger partial charge in [0.15, 0.2) is 5.78 Å². The molecule has 0 heterocycles. The van der Waals surface area contributed by atoms with E-state index in [1.807, 2.05) is 12.1 Å². The number of hydrogen-bond acceptors (Lipinski definition) is 4. The van der Waals surface area contributed by atoms with Gasteiger partial charge in [-0.25, -0.2) is 0 Å². The van der Waals surface area contributed by atoms with E-state index >= 15 is 0 Å². The molecule has 0 fully saturated rings. The van der Waals surface area contributed by atoms with Gasteiger partial charge in [-0.2, -0.15) is 0 Å². The fraction of sp³-hybridized carbons (Fsp3) is 0.357. The van der Waals surface area contributed by atoms with E-state index in [-0.39, 0.29) is 30.8 Å². The minimum Gasteiger partial charge on any atom is -0.370 e. The fourth-order valence-corrected chi connectivity index (χ4v) is 1.51. The number of nitrogens with two attached hydrogens (primary N) is 1. The van der Waals surface area contributed by atoms with Crippen LogP contribution in [0.25, 0.3) is 0 Å². The zero-order valence-corrected chi connectivity index (χ0v) is 11.3. The van der Waals surface area contributed by atoms with Gasteiger partial charge >= 0.3 is 0 Å². The number of Topliss-reactive ketones (excluding diaryl/α,β-unsaturated/α-hetero) is 1. The Morgan fingerprint density at radius 3 is 2.35 bits per heavy atom. The van der Waals surface area contributed by atoms with Crippen LogP contribution in [0, 0.1) is 0 Å². The van der Waals surface area contributed by atoms with Crippen LogP contribution in [0.4, 0.5) is 5.69 Å². The van der Waals surface area contributed by atoms with Gasteiger partial charge in [-0.1, -0.05) is 12.1 Å². The monoisotopic (exact) mass is 278 g/mol. The molecule has 0 spiro atoms. The Labute approximate surface area is 117 Å². The molecule has 6 heteroatoms. The Hall–Kier alpha value is -2.21. The van der Waals surface area contributed by atoms with Crippen LogP contribution in [0.1, 0.15) is 18.9 Å². The van der Waals surface area contributed by atoms with Gasteiger partial charge < -0.3 is 15.8 Å². The van der Waals surface area contributed by atoms with Crippen molar-refractivity contribution in [2.24, 2.45) is 5.73 Å². The standard InChI is InChI=1S/C14H18N2O4/c1-10(17)8-20-9-14(19)16-12-5-2-11(3-6-12)4-7-13(15)18/h2-3,5-6H,4,7-9H2,1H3,(H2,15,18)(H,16,19). The number of carbonyl (C=O) groups excluding carboxylic acids is 3. The molecule has 20 heavy (non-hydrogen) atoms. The molecule has 0 unspecified atom stereocenters. The second-order valence-corrected chi connectivity index (χ2v) is 4.41. The highest BCUT2D eigenvalue weighted by Gasteiger charge is 2.04. The van der Waals surface area contributed by atoms with Crippen molar-refractivity contribution in [1.82, 2.24) is 0 Å². The van der Waals surface area contributed by atoms with Crippen molar-refractivity contribution < 1.29 is 19.1 Å². The first-order chi connectivity index (χ1) is 9.47. The van der Waals surface area contributed by atoms with Crippen LogP contribution in [0.5, 0.6) is 0 Å². The summed E-state index contributed by atoms with van der Waals surface area (Å²) in [4.78, 5) is 32.8. The highest BCUT2D eigenvalue weighted by Crippen LogP contribution is 2.10. The maximum Gasteiger partial charge on any atom is 0.250 e.